The molecule has 0 fully saturated rings. The Balaban J connectivity index is 2.41. The third-order valence-corrected chi connectivity index (χ3v) is 1.50. The van der Waals surface area contributed by atoms with Crippen molar-refractivity contribution in [2.75, 3.05) is 7.11 Å². The molecular formula is C8H7N3O2. The minimum atomic E-state index is 0.314. The summed E-state index contributed by atoms with van der Waals surface area (Å²) in [5.74, 6) is 0.598. The summed E-state index contributed by atoms with van der Waals surface area (Å²) >= 11 is 0. The van der Waals surface area contributed by atoms with Gasteiger partial charge < -0.3 is 9.15 Å². The van der Waals surface area contributed by atoms with Gasteiger partial charge in [-0.15, -0.1) is 0 Å². The highest BCUT2D eigenvalue weighted by Gasteiger charge is 2.04. The van der Waals surface area contributed by atoms with Gasteiger partial charge in [-0.05, 0) is 6.07 Å². The first kappa shape index (κ1) is 7.72. The van der Waals surface area contributed by atoms with Crippen LogP contribution in [0.1, 0.15) is 0 Å². The molecule has 2 heterocycles. The van der Waals surface area contributed by atoms with Crippen molar-refractivity contribution < 1.29 is 9.15 Å². The SMILES string of the molecule is COc1nccc(-c2cnco2)n1. The average Bonchev–Trinajstić information content (AvgIpc) is 2.71. The monoisotopic (exact) mass is 177 g/mol. The van der Waals surface area contributed by atoms with Gasteiger partial charge in [0.05, 0.1) is 13.3 Å². The fourth-order valence-electron chi connectivity index (χ4n) is 0.919. The Morgan fingerprint density at radius 2 is 2.38 bits per heavy atom. The van der Waals surface area contributed by atoms with Crippen molar-refractivity contribution in [1.29, 1.82) is 0 Å². The third-order valence-electron chi connectivity index (χ3n) is 1.50. The lowest BCUT2D eigenvalue weighted by Gasteiger charge is -1.97. The average molecular weight is 177 g/mol. The maximum absolute atomic E-state index is 5.06. The zero-order valence-corrected chi connectivity index (χ0v) is 6.97. The third kappa shape index (κ3) is 1.48. The molecule has 2 rings (SSSR count). The van der Waals surface area contributed by atoms with Gasteiger partial charge in [0.2, 0.25) is 0 Å². The molecule has 0 aromatic carbocycles. The Kier molecular flexibility index (Phi) is 1.91. The summed E-state index contributed by atoms with van der Waals surface area (Å²) in [6, 6.07) is 2.04. The molecule has 0 bridgehead atoms. The van der Waals surface area contributed by atoms with Crippen LogP contribution in [0.2, 0.25) is 0 Å². The number of aromatic nitrogens is 3. The molecule has 13 heavy (non-hydrogen) atoms. The molecule has 0 radical (unpaired) electrons. The number of hydrogen-bond acceptors (Lipinski definition) is 5. The number of ether oxygens (including phenoxy) is 1. The second-order valence-corrected chi connectivity index (χ2v) is 2.29. The zero-order valence-electron chi connectivity index (χ0n) is 6.97. The van der Waals surface area contributed by atoms with Crippen LogP contribution >= 0.6 is 0 Å². The molecule has 0 unspecified atom stereocenters. The van der Waals surface area contributed by atoms with E-state index in [0.29, 0.717) is 17.5 Å². The lowest BCUT2D eigenvalue weighted by Crippen LogP contribution is -1.92. The summed E-state index contributed by atoms with van der Waals surface area (Å²) in [6.45, 7) is 0. The summed E-state index contributed by atoms with van der Waals surface area (Å²) < 4.78 is 9.93. The van der Waals surface area contributed by atoms with Gasteiger partial charge in [-0.3, -0.25) is 0 Å². The van der Waals surface area contributed by atoms with Crippen molar-refractivity contribution in [2.45, 2.75) is 0 Å². The quantitative estimate of drug-likeness (QED) is 0.688. The van der Waals surface area contributed by atoms with E-state index < -0.39 is 0 Å². The second-order valence-electron chi connectivity index (χ2n) is 2.29. The van der Waals surface area contributed by atoms with Crippen LogP contribution < -0.4 is 4.74 Å². The molecule has 5 nitrogen and oxygen atoms in total. The highest BCUT2D eigenvalue weighted by Crippen LogP contribution is 2.16. The Labute approximate surface area is 74.4 Å². The molecule has 0 saturated heterocycles. The highest BCUT2D eigenvalue weighted by molar-refractivity contribution is 5.49. The molecular weight excluding hydrogens is 170 g/mol. The van der Waals surface area contributed by atoms with Crippen LogP contribution in [0.25, 0.3) is 11.5 Å². The van der Waals surface area contributed by atoms with Gasteiger partial charge >= 0.3 is 6.01 Å². The first-order chi connectivity index (χ1) is 6.40. The Bertz CT molecular complexity index is 386. The van der Waals surface area contributed by atoms with Crippen molar-refractivity contribution in [2.24, 2.45) is 0 Å². The molecule has 0 saturated carbocycles. The van der Waals surface area contributed by atoms with Crippen LogP contribution in [-0.2, 0) is 0 Å². The van der Waals surface area contributed by atoms with E-state index in [4.69, 9.17) is 9.15 Å². The molecule has 0 aliphatic rings. The molecule has 2 aromatic rings. The van der Waals surface area contributed by atoms with E-state index in [9.17, 15) is 0 Å². The van der Waals surface area contributed by atoms with Gasteiger partial charge in [0, 0.05) is 6.20 Å². The molecule has 0 aliphatic carbocycles. The fourth-order valence-corrected chi connectivity index (χ4v) is 0.919. The van der Waals surface area contributed by atoms with E-state index in [1.807, 2.05) is 0 Å². The molecule has 0 N–H and O–H groups in total. The normalized spacial score (nSPS) is 9.92. The molecule has 66 valence electrons. The lowest BCUT2D eigenvalue weighted by atomic mass is 10.3. The topological polar surface area (TPSA) is 61.0 Å². The molecule has 0 amide bonds. The van der Waals surface area contributed by atoms with Crippen LogP contribution in [0.3, 0.4) is 0 Å². The van der Waals surface area contributed by atoms with Gasteiger partial charge in [0.25, 0.3) is 0 Å². The van der Waals surface area contributed by atoms with Gasteiger partial charge in [-0.2, -0.15) is 4.98 Å². The Morgan fingerprint density at radius 3 is 3.08 bits per heavy atom. The Morgan fingerprint density at radius 1 is 1.46 bits per heavy atom. The van der Waals surface area contributed by atoms with Crippen LogP contribution in [0.5, 0.6) is 6.01 Å². The maximum atomic E-state index is 5.06. The van der Waals surface area contributed by atoms with Crippen LogP contribution in [0.4, 0.5) is 0 Å². The summed E-state index contributed by atoms with van der Waals surface area (Å²) in [4.78, 5) is 11.7. The van der Waals surface area contributed by atoms with Crippen LogP contribution in [-0.4, -0.2) is 22.1 Å². The largest absolute Gasteiger partial charge is 0.467 e. The highest BCUT2D eigenvalue weighted by atomic mass is 16.5. The molecule has 0 atom stereocenters. The fraction of sp³-hybridized carbons (Fsp3) is 0.125. The second kappa shape index (κ2) is 3.22. The van der Waals surface area contributed by atoms with E-state index in [-0.39, 0.29) is 0 Å². The van der Waals surface area contributed by atoms with Crippen molar-refractivity contribution in [3.05, 3.63) is 24.9 Å². The van der Waals surface area contributed by atoms with Crippen molar-refractivity contribution in [3.8, 4) is 17.5 Å². The van der Waals surface area contributed by atoms with E-state index in [1.165, 1.54) is 13.5 Å². The van der Waals surface area contributed by atoms with E-state index >= 15 is 0 Å². The predicted octanol–water partition coefficient (Wildman–Crippen LogP) is 1.14. The minimum absolute atomic E-state index is 0.314. The Hall–Kier alpha value is -1.91. The number of nitrogens with zero attached hydrogens (tertiary/aromatic N) is 3. The lowest BCUT2D eigenvalue weighted by molar-refractivity contribution is 0.380. The van der Waals surface area contributed by atoms with Gasteiger partial charge in [0.1, 0.15) is 5.69 Å². The summed E-state index contributed by atoms with van der Waals surface area (Å²) in [5.41, 5.74) is 0.657. The summed E-state index contributed by atoms with van der Waals surface area (Å²) in [7, 11) is 1.51. The van der Waals surface area contributed by atoms with Crippen molar-refractivity contribution >= 4 is 0 Å². The molecule has 0 aliphatic heterocycles. The smallest absolute Gasteiger partial charge is 0.316 e. The molecule has 0 spiro atoms. The zero-order chi connectivity index (χ0) is 9.10. The van der Waals surface area contributed by atoms with Crippen molar-refractivity contribution in [3.63, 3.8) is 0 Å². The van der Waals surface area contributed by atoms with E-state index in [1.54, 1.807) is 18.5 Å². The first-order valence-electron chi connectivity index (χ1n) is 3.66. The van der Waals surface area contributed by atoms with Crippen LogP contribution in [0, 0.1) is 0 Å². The summed E-state index contributed by atoms with van der Waals surface area (Å²) in [6.07, 6.45) is 4.54. The minimum Gasteiger partial charge on any atom is -0.467 e. The maximum Gasteiger partial charge on any atom is 0.316 e. The van der Waals surface area contributed by atoms with Gasteiger partial charge in [-0.1, -0.05) is 0 Å². The standard InChI is InChI=1S/C8H7N3O2/c1-12-8-10-3-2-6(11-8)7-4-9-5-13-7/h2-5H,1H3. The van der Waals surface area contributed by atoms with E-state index in [0.717, 1.165) is 0 Å². The summed E-state index contributed by atoms with van der Waals surface area (Å²) in [5, 5.41) is 0. The van der Waals surface area contributed by atoms with Gasteiger partial charge in [-0.25, -0.2) is 9.97 Å². The molecule has 5 heteroatoms. The van der Waals surface area contributed by atoms with Crippen LogP contribution in [0.15, 0.2) is 29.3 Å². The first-order valence-corrected chi connectivity index (χ1v) is 3.66. The number of rotatable bonds is 2. The molecule has 2 aromatic heterocycles. The number of oxazole rings is 1. The van der Waals surface area contributed by atoms with Gasteiger partial charge in [0.15, 0.2) is 12.2 Å². The predicted molar refractivity (Wildman–Crippen MR) is 44.1 cm³/mol. The van der Waals surface area contributed by atoms with Crippen molar-refractivity contribution in [1.82, 2.24) is 15.0 Å². The number of methoxy groups -OCH3 is 1. The number of hydrogen-bond donors (Lipinski definition) is 0. The van der Waals surface area contributed by atoms with E-state index in [2.05, 4.69) is 15.0 Å².